The Hall–Kier alpha value is -0.670. The van der Waals surface area contributed by atoms with Crippen molar-refractivity contribution in [2.45, 2.75) is 0 Å². The molecule has 7 heteroatoms. The molecule has 2 rings (SSSR count). The number of rotatable bonds is 3. The van der Waals surface area contributed by atoms with Gasteiger partial charge in [0.15, 0.2) is 3.77 Å². The van der Waals surface area contributed by atoms with Crippen LogP contribution in [-0.4, -0.2) is 12.1 Å². The molecular weight excluding hydrogens is 419 g/mol. The van der Waals surface area contributed by atoms with E-state index in [0.717, 1.165) is 8.24 Å². The smallest absolute Gasteiger partial charge is 0.281 e. The van der Waals surface area contributed by atoms with Gasteiger partial charge in [0.1, 0.15) is 5.76 Å². The van der Waals surface area contributed by atoms with E-state index >= 15 is 0 Å². The quantitative estimate of drug-likeness (QED) is 0.466. The van der Waals surface area contributed by atoms with Crippen molar-refractivity contribution in [2.75, 3.05) is 0 Å². The van der Waals surface area contributed by atoms with Crippen molar-refractivity contribution in [1.82, 2.24) is 5.43 Å². The highest BCUT2D eigenvalue weighted by Gasteiger charge is 2.05. The summed E-state index contributed by atoms with van der Waals surface area (Å²) in [4.78, 5) is 12.1. The summed E-state index contributed by atoms with van der Waals surface area (Å²) in [7, 11) is 0. The number of hydrazone groups is 1. The first-order valence-corrected chi connectivity index (χ1v) is 7.23. The van der Waals surface area contributed by atoms with Gasteiger partial charge in [-0.1, -0.05) is 6.07 Å². The van der Waals surface area contributed by atoms with E-state index in [1.165, 1.54) is 17.6 Å². The van der Waals surface area contributed by atoms with E-state index in [0.29, 0.717) is 10.6 Å². The maximum Gasteiger partial charge on any atom is 0.281 e. The molecule has 0 radical (unpaired) electrons. The zero-order chi connectivity index (χ0) is 12.3. The molecule has 0 aliphatic carbocycles. The summed E-state index contributed by atoms with van der Waals surface area (Å²) in [5.41, 5.74) is 2.43. The lowest BCUT2D eigenvalue weighted by Gasteiger charge is -1.93. The van der Waals surface area contributed by atoms with Gasteiger partial charge in [-0.25, -0.2) is 5.43 Å². The van der Waals surface area contributed by atoms with Crippen molar-refractivity contribution in [3.8, 4) is 0 Å². The highest BCUT2D eigenvalue weighted by molar-refractivity contribution is 14.1. The normalized spacial score (nSPS) is 10.9. The van der Waals surface area contributed by atoms with Crippen LogP contribution in [0.4, 0.5) is 0 Å². The summed E-state index contributed by atoms with van der Waals surface area (Å²) in [5.74, 6) is 0.351. The van der Waals surface area contributed by atoms with Gasteiger partial charge in [0.2, 0.25) is 0 Å². The summed E-state index contributed by atoms with van der Waals surface area (Å²) in [6, 6.07) is 5.33. The van der Waals surface area contributed by atoms with E-state index in [2.05, 4.69) is 49.0 Å². The minimum Gasteiger partial charge on any atom is -0.448 e. The van der Waals surface area contributed by atoms with Crippen LogP contribution >= 0.6 is 49.9 Å². The van der Waals surface area contributed by atoms with Gasteiger partial charge in [-0.05, 0) is 27.4 Å². The van der Waals surface area contributed by atoms with E-state index in [1.807, 2.05) is 11.4 Å². The molecule has 0 bridgehead atoms. The molecule has 0 spiro atoms. The van der Waals surface area contributed by atoms with Crippen LogP contribution in [0.5, 0.6) is 0 Å². The fourth-order valence-electron chi connectivity index (χ4n) is 1.04. The molecule has 2 heterocycles. The summed E-state index contributed by atoms with van der Waals surface area (Å²) in [6.45, 7) is 0. The molecule has 1 amide bonds. The molecule has 0 aliphatic rings. The number of carbonyl (C=O) groups excluding carboxylic acids is 1. The van der Waals surface area contributed by atoms with Gasteiger partial charge in [0.25, 0.3) is 5.91 Å². The Kier molecular flexibility index (Phi) is 4.35. The molecule has 0 fully saturated rings. The molecule has 2 aromatic heterocycles. The predicted molar refractivity (Wildman–Crippen MR) is 78.5 cm³/mol. The van der Waals surface area contributed by atoms with E-state index in [1.54, 1.807) is 12.1 Å². The van der Waals surface area contributed by atoms with Crippen molar-refractivity contribution in [3.63, 3.8) is 0 Å². The maximum absolute atomic E-state index is 11.5. The molecule has 0 saturated heterocycles. The van der Waals surface area contributed by atoms with Crippen molar-refractivity contribution >= 4 is 62.0 Å². The first-order chi connectivity index (χ1) is 8.16. The largest absolute Gasteiger partial charge is 0.448 e. The number of nitrogens with zero attached hydrogens (tertiary/aromatic N) is 1. The Morgan fingerprint density at radius 2 is 2.47 bits per heavy atom. The van der Waals surface area contributed by atoms with Crippen LogP contribution in [0.3, 0.4) is 0 Å². The van der Waals surface area contributed by atoms with Crippen LogP contribution in [0.2, 0.25) is 0 Å². The lowest BCUT2D eigenvalue weighted by Crippen LogP contribution is -2.15. The number of furan rings is 1. The third kappa shape index (κ3) is 3.39. The molecule has 0 saturated carbocycles. The topological polar surface area (TPSA) is 54.6 Å². The van der Waals surface area contributed by atoms with Gasteiger partial charge in [0.05, 0.1) is 15.6 Å². The molecule has 0 aliphatic heterocycles. The molecule has 88 valence electrons. The molecule has 0 aromatic carbocycles. The second-order valence-electron chi connectivity index (χ2n) is 2.95. The number of hydrogen-bond acceptors (Lipinski definition) is 4. The lowest BCUT2D eigenvalue weighted by atomic mass is 10.4. The number of carbonyl (C=O) groups is 1. The van der Waals surface area contributed by atoms with E-state index in [9.17, 15) is 4.79 Å². The van der Waals surface area contributed by atoms with Crippen LogP contribution in [0.15, 0.2) is 37.6 Å². The maximum atomic E-state index is 11.5. The Morgan fingerprint density at radius 3 is 3.06 bits per heavy atom. The van der Waals surface area contributed by atoms with Crippen molar-refractivity contribution in [1.29, 1.82) is 0 Å². The Bertz CT molecular complexity index is 531. The van der Waals surface area contributed by atoms with Crippen LogP contribution < -0.4 is 5.43 Å². The second-order valence-corrected chi connectivity index (χ2v) is 5.73. The molecule has 4 nitrogen and oxygen atoms in total. The van der Waals surface area contributed by atoms with Crippen molar-refractivity contribution in [3.05, 3.63) is 42.5 Å². The fourth-order valence-corrected chi connectivity index (χ4v) is 2.37. The van der Waals surface area contributed by atoms with Gasteiger partial charge in [-0.15, -0.1) is 11.3 Å². The lowest BCUT2D eigenvalue weighted by molar-refractivity contribution is 0.0959. The van der Waals surface area contributed by atoms with Crippen LogP contribution in [0, 0.1) is 3.77 Å². The van der Waals surface area contributed by atoms with Crippen LogP contribution in [0.25, 0.3) is 0 Å². The van der Waals surface area contributed by atoms with Gasteiger partial charge < -0.3 is 4.42 Å². The number of amides is 1. The molecular formula is C10H6BrIN2O2S. The number of hydrogen-bond donors (Lipinski definition) is 1. The molecule has 17 heavy (non-hydrogen) atoms. The summed E-state index contributed by atoms with van der Waals surface area (Å²) < 4.78 is 6.94. The first kappa shape index (κ1) is 12.8. The SMILES string of the molecule is O=C(N/N=C/c1cc(Br)c(I)o1)c1cccs1. The Morgan fingerprint density at radius 1 is 1.65 bits per heavy atom. The number of halogens is 2. The van der Waals surface area contributed by atoms with E-state index < -0.39 is 0 Å². The summed E-state index contributed by atoms with van der Waals surface area (Å²) in [6.07, 6.45) is 1.46. The molecule has 2 aromatic rings. The fraction of sp³-hybridized carbons (Fsp3) is 0. The van der Waals surface area contributed by atoms with Crippen molar-refractivity contribution in [2.24, 2.45) is 5.10 Å². The zero-order valence-corrected chi connectivity index (χ0v) is 12.9. The number of nitrogens with one attached hydrogen (secondary N) is 1. The zero-order valence-electron chi connectivity index (χ0n) is 8.31. The van der Waals surface area contributed by atoms with Crippen LogP contribution in [0.1, 0.15) is 15.4 Å². The standard InChI is InChI=1S/C10H6BrIN2O2S/c11-7-4-6(16-9(7)12)5-13-14-10(15)8-2-1-3-17-8/h1-5H,(H,14,15)/b13-5+. The minimum atomic E-state index is -0.225. The summed E-state index contributed by atoms with van der Waals surface area (Å²) >= 11 is 6.74. The highest BCUT2D eigenvalue weighted by Crippen LogP contribution is 2.21. The molecule has 0 unspecified atom stereocenters. The average Bonchev–Trinajstić information content (AvgIpc) is 2.90. The van der Waals surface area contributed by atoms with E-state index in [-0.39, 0.29) is 5.91 Å². The van der Waals surface area contributed by atoms with Gasteiger partial charge >= 0.3 is 0 Å². The first-order valence-electron chi connectivity index (χ1n) is 4.48. The Labute approximate surface area is 123 Å². The molecule has 0 atom stereocenters. The van der Waals surface area contributed by atoms with Gasteiger partial charge in [-0.3, -0.25) is 4.79 Å². The van der Waals surface area contributed by atoms with Crippen molar-refractivity contribution < 1.29 is 9.21 Å². The van der Waals surface area contributed by atoms with Gasteiger partial charge in [-0.2, -0.15) is 5.10 Å². The third-order valence-electron chi connectivity index (χ3n) is 1.77. The second kappa shape index (κ2) is 5.78. The van der Waals surface area contributed by atoms with E-state index in [4.69, 9.17) is 4.42 Å². The summed E-state index contributed by atoms with van der Waals surface area (Å²) in [5, 5.41) is 5.65. The minimum absolute atomic E-state index is 0.225. The van der Waals surface area contributed by atoms with Crippen LogP contribution in [-0.2, 0) is 0 Å². The molecule has 1 N–H and O–H groups in total. The highest BCUT2D eigenvalue weighted by atomic mass is 127. The monoisotopic (exact) mass is 424 g/mol. The third-order valence-corrected chi connectivity index (χ3v) is 4.77. The average molecular weight is 425 g/mol. The Balaban J connectivity index is 1.96. The number of thiophene rings is 1. The van der Waals surface area contributed by atoms with Gasteiger partial charge in [0, 0.05) is 28.7 Å². The predicted octanol–water partition coefficient (Wildman–Crippen LogP) is 3.47.